The van der Waals surface area contributed by atoms with Crippen molar-refractivity contribution in [2.24, 2.45) is 11.8 Å². The molecule has 1 aliphatic rings. The Morgan fingerprint density at radius 3 is 1.07 bits per heavy atom. The molecule has 0 bridgehead atoms. The standard InChI is InChI=1S/C42H48O16/c1-25(2)39(47)51-23-27(5)53-35(43)19-21-37(45)55-31-11-15-33(16-12-31)57-41(49)29-7-9-30(10-8-29)42(50)58-34-17-13-32(14-18-34)56-38(46)22-20-36(44)54-28(6)24-52-40(48)26(3)4/h11-18,27-30H,1,3,7-10,19-24H2,2,4-6H3. The predicted octanol–water partition coefficient (Wildman–Crippen LogP) is 5.48. The third-order valence-electron chi connectivity index (χ3n) is 8.27. The van der Waals surface area contributed by atoms with E-state index in [2.05, 4.69) is 13.2 Å². The lowest BCUT2D eigenvalue weighted by molar-refractivity contribution is -0.157. The van der Waals surface area contributed by atoms with E-state index in [4.69, 9.17) is 37.9 Å². The van der Waals surface area contributed by atoms with Gasteiger partial charge in [-0.3, -0.25) is 28.8 Å². The minimum Gasteiger partial charge on any atom is -0.459 e. The van der Waals surface area contributed by atoms with Crippen molar-refractivity contribution in [3.05, 3.63) is 72.8 Å². The first-order valence-electron chi connectivity index (χ1n) is 18.6. The summed E-state index contributed by atoms with van der Waals surface area (Å²) in [4.78, 5) is 97.1. The molecule has 1 saturated carbocycles. The van der Waals surface area contributed by atoms with Crippen molar-refractivity contribution in [3.63, 3.8) is 0 Å². The fourth-order valence-corrected chi connectivity index (χ4v) is 5.16. The summed E-state index contributed by atoms with van der Waals surface area (Å²) in [5.74, 6) is -4.87. The highest BCUT2D eigenvalue weighted by Gasteiger charge is 2.32. The third kappa shape index (κ3) is 16.8. The van der Waals surface area contributed by atoms with Gasteiger partial charge >= 0.3 is 47.8 Å². The first kappa shape index (κ1) is 46.1. The van der Waals surface area contributed by atoms with Crippen LogP contribution in [0.25, 0.3) is 0 Å². The average molecular weight is 809 g/mol. The molecule has 1 fully saturated rings. The van der Waals surface area contributed by atoms with Crippen LogP contribution in [0.3, 0.4) is 0 Å². The van der Waals surface area contributed by atoms with Crippen LogP contribution < -0.4 is 18.9 Å². The molecule has 2 atom stereocenters. The Hall–Kier alpha value is -6.32. The van der Waals surface area contributed by atoms with Gasteiger partial charge in [-0.2, -0.15) is 0 Å². The van der Waals surface area contributed by atoms with Gasteiger partial charge in [0.1, 0.15) is 48.4 Å². The lowest BCUT2D eigenvalue weighted by Crippen LogP contribution is -2.30. The summed E-state index contributed by atoms with van der Waals surface area (Å²) >= 11 is 0. The number of rotatable bonds is 20. The molecule has 16 nitrogen and oxygen atoms in total. The van der Waals surface area contributed by atoms with Crippen LogP contribution in [0.5, 0.6) is 23.0 Å². The van der Waals surface area contributed by atoms with Crippen molar-refractivity contribution >= 4 is 47.8 Å². The Balaban J connectivity index is 1.32. The molecule has 2 unspecified atom stereocenters. The van der Waals surface area contributed by atoms with E-state index >= 15 is 0 Å². The molecule has 0 aromatic heterocycles. The van der Waals surface area contributed by atoms with Gasteiger partial charge in [0.05, 0.1) is 37.5 Å². The summed E-state index contributed by atoms with van der Waals surface area (Å²) in [6, 6.07) is 11.6. The van der Waals surface area contributed by atoms with Crippen LogP contribution in [0.1, 0.15) is 79.1 Å². The van der Waals surface area contributed by atoms with Crippen molar-refractivity contribution in [2.45, 2.75) is 91.3 Å². The number of carbonyl (C=O) groups excluding carboxylic acids is 8. The van der Waals surface area contributed by atoms with E-state index in [0.717, 1.165) is 0 Å². The molecule has 0 aliphatic heterocycles. The van der Waals surface area contributed by atoms with Gasteiger partial charge in [0, 0.05) is 11.1 Å². The molecule has 58 heavy (non-hydrogen) atoms. The van der Waals surface area contributed by atoms with E-state index in [1.807, 2.05) is 0 Å². The minimum atomic E-state index is -0.710. The van der Waals surface area contributed by atoms with Gasteiger partial charge in [-0.05, 0) is 102 Å². The second-order valence-electron chi connectivity index (χ2n) is 13.6. The maximum atomic E-state index is 12.8. The zero-order valence-electron chi connectivity index (χ0n) is 32.9. The van der Waals surface area contributed by atoms with Gasteiger partial charge in [-0.25, -0.2) is 9.59 Å². The fourth-order valence-electron chi connectivity index (χ4n) is 5.16. The van der Waals surface area contributed by atoms with Crippen LogP contribution in [-0.4, -0.2) is 73.2 Å². The second kappa shape index (κ2) is 23.0. The molecule has 3 rings (SSSR count). The monoisotopic (exact) mass is 808 g/mol. The molecule has 2 aromatic carbocycles. The van der Waals surface area contributed by atoms with Crippen LogP contribution in [-0.2, 0) is 57.3 Å². The molecule has 0 amide bonds. The van der Waals surface area contributed by atoms with Crippen molar-refractivity contribution in [1.82, 2.24) is 0 Å². The predicted molar refractivity (Wildman–Crippen MR) is 202 cm³/mol. The van der Waals surface area contributed by atoms with Gasteiger partial charge in [-0.1, -0.05) is 13.2 Å². The van der Waals surface area contributed by atoms with Crippen LogP contribution in [0, 0.1) is 11.8 Å². The largest absolute Gasteiger partial charge is 0.459 e. The zero-order chi connectivity index (χ0) is 42.8. The molecule has 0 saturated heterocycles. The van der Waals surface area contributed by atoms with Gasteiger partial charge in [0.25, 0.3) is 0 Å². The molecule has 0 radical (unpaired) electrons. The Morgan fingerprint density at radius 1 is 0.500 bits per heavy atom. The summed E-state index contributed by atoms with van der Waals surface area (Å²) < 4.78 is 41.5. The van der Waals surface area contributed by atoms with Crippen LogP contribution >= 0.6 is 0 Å². The molecule has 0 N–H and O–H groups in total. The fraction of sp³-hybridized carbons (Fsp3) is 0.429. The van der Waals surface area contributed by atoms with Gasteiger partial charge in [0.2, 0.25) is 0 Å². The smallest absolute Gasteiger partial charge is 0.333 e. The van der Waals surface area contributed by atoms with Gasteiger partial charge in [0.15, 0.2) is 0 Å². The first-order chi connectivity index (χ1) is 27.5. The Labute approximate surface area is 335 Å². The Bertz CT molecular complexity index is 1690. The second-order valence-corrected chi connectivity index (χ2v) is 13.6. The number of ether oxygens (including phenoxy) is 8. The van der Waals surface area contributed by atoms with Crippen LogP contribution in [0.4, 0.5) is 0 Å². The summed E-state index contributed by atoms with van der Waals surface area (Å²) in [7, 11) is 0. The number of carbonyl (C=O) groups is 8. The summed E-state index contributed by atoms with van der Waals surface area (Å²) in [6.45, 7) is 12.7. The van der Waals surface area contributed by atoms with E-state index in [9.17, 15) is 38.4 Å². The minimum absolute atomic E-state index is 0.149. The number of esters is 8. The number of hydrogen-bond acceptors (Lipinski definition) is 16. The Kier molecular flexibility index (Phi) is 18.3. The third-order valence-corrected chi connectivity index (χ3v) is 8.27. The highest BCUT2D eigenvalue weighted by Crippen LogP contribution is 2.32. The molecular formula is C42H48O16. The molecule has 16 heteroatoms. The quantitative estimate of drug-likeness (QED) is 0.0702. The van der Waals surface area contributed by atoms with Gasteiger partial charge in [-0.15, -0.1) is 0 Å². The molecule has 312 valence electrons. The highest BCUT2D eigenvalue weighted by atomic mass is 16.6. The zero-order valence-corrected chi connectivity index (χ0v) is 32.9. The van der Waals surface area contributed by atoms with E-state index in [0.29, 0.717) is 25.7 Å². The Morgan fingerprint density at radius 2 is 0.776 bits per heavy atom. The topological polar surface area (TPSA) is 210 Å². The van der Waals surface area contributed by atoms with Crippen molar-refractivity contribution in [3.8, 4) is 23.0 Å². The summed E-state index contributed by atoms with van der Waals surface area (Å²) in [5, 5.41) is 0. The lowest BCUT2D eigenvalue weighted by atomic mass is 9.82. The van der Waals surface area contributed by atoms with E-state index < -0.39 is 71.8 Å². The number of benzene rings is 2. The van der Waals surface area contributed by atoms with E-state index in [-0.39, 0.29) is 73.0 Å². The molecule has 0 heterocycles. The maximum Gasteiger partial charge on any atom is 0.333 e. The van der Waals surface area contributed by atoms with E-state index in [1.54, 1.807) is 13.8 Å². The molecular weight excluding hydrogens is 760 g/mol. The van der Waals surface area contributed by atoms with Crippen molar-refractivity contribution in [1.29, 1.82) is 0 Å². The van der Waals surface area contributed by atoms with E-state index in [1.165, 1.54) is 62.4 Å². The maximum absolute atomic E-state index is 12.8. The normalized spacial score (nSPS) is 15.6. The van der Waals surface area contributed by atoms with Crippen LogP contribution in [0.15, 0.2) is 72.8 Å². The summed E-state index contributed by atoms with van der Waals surface area (Å²) in [6.07, 6.45) is -0.809. The molecule has 0 spiro atoms. The van der Waals surface area contributed by atoms with Crippen LogP contribution in [0.2, 0.25) is 0 Å². The molecule has 2 aromatic rings. The summed E-state index contributed by atoms with van der Waals surface area (Å²) in [5.41, 5.74) is 0.432. The highest BCUT2D eigenvalue weighted by molar-refractivity contribution is 5.87. The SMILES string of the molecule is C=C(C)C(=O)OCC(C)OC(=O)CCC(=O)Oc1ccc(OC(=O)C2CCC(C(=O)Oc3ccc(OC(=O)CCC(=O)OC(C)COC(=O)C(=C)C)cc3)CC2)cc1. The first-order valence-corrected chi connectivity index (χ1v) is 18.6. The van der Waals surface area contributed by atoms with Gasteiger partial charge < -0.3 is 37.9 Å². The lowest BCUT2D eigenvalue weighted by Gasteiger charge is -2.25. The van der Waals surface area contributed by atoms with Crippen molar-refractivity contribution in [2.75, 3.05) is 13.2 Å². The number of hydrogen-bond donors (Lipinski definition) is 0. The molecule has 1 aliphatic carbocycles. The van der Waals surface area contributed by atoms with Crippen molar-refractivity contribution < 1.29 is 76.3 Å². The average Bonchev–Trinajstić information content (AvgIpc) is 3.18.